The van der Waals surface area contributed by atoms with Crippen molar-refractivity contribution in [3.8, 4) is 0 Å². The maximum absolute atomic E-state index is 5.44. The normalized spacial score (nSPS) is 19.7. The maximum Gasteiger partial charge on any atom is 0.195 e. The third kappa shape index (κ3) is 2.86. The van der Waals surface area contributed by atoms with Crippen molar-refractivity contribution in [1.82, 2.24) is 14.8 Å². The second-order valence-electron chi connectivity index (χ2n) is 6.32. The van der Waals surface area contributed by atoms with E-state index in [0.29, 0.717) is 16.6 Å². The molecular weight excluding hydrogens is 302 g/mol. The quantitative estimate of drug-likeness (QED) is 0.714. The van der Waals surface area contributed by atoms with Crippen LogP contribution < -0.4 is 0 Å². The highest BCUT2D eigenvalue weighted by atomic mass is 32.1. The van der Waals surface area contributed by atoms with Gasteiger partial charge in [0.05, 0.1) is 6.54 Å². The van der Waals surface area contributed by atoms with E-state index in [9.17, 15) is 0 Å². The number of H-pyrrole nitrogens is 1. The molecule has 0 radical (unpaired) electrons. The summed E-state index contributed by atoms with van der Waals surface area (Å²) in [5.74, 6) is 2.12. The molecule has 0 spiro atoms. The van der Waals surface area contributed by atoms with Gasteiger partial charge in [0.25, 0.3) is 0 Å². The molecule has 0 unspecified atom stereocenters. The summed E-state index contributed by atoms with van der Waals surface area (Å²) in [5, 5.41) is 7.49. The number of benzene rings is 2. The highest BCUT2D eigenvalue weighted by molar-refractivity contribution is 7.71. The van der Waals surface area contributed by atoms with Crippen LogP contribution in [0.15, 0.2) is 54.6 Å². The lowest BCUT2D eigenvalue weighted by Gasteiger charge is -2.07. The van der Waals surface area contributed by atoms with Gasteiger partial charge in [-0.15, -0.1) is 0 Å². The van der Waals surface area contributed by atoms with E-state index in [1.165, 1.54) is 16.7 Å². The minimum Gasteiger partial charge on any atom is -0.299 e. The molecule has 1 aliphatic carbocycles. The SMILES string of the molecule is Cc1ccc([C@@H]2C[C@@H]2c2n[nH]c(=S)n2Cc2ccccc2)cc1. The maximum atomic E-state index is 5.44. The van der Waals surface area contributed by atoms with Gasteiger partial charge in [-0.25, -0.2) is 0 Å². The van der Waals surface area contributed by atoms with Gasteiger partial charge >= 0.3 is 0 Å². The predicted molar refractivity (Wildman–Crippen MR) is 94.2 cm³/mol. The second kappa shape index (κ2) is 5.78. The number of nitrogens with zero attached hydrogens (tertiary/aromatic N) is 2. The summed E-state index contributed by atoms with van der Waals surface area (Å²) in [6.45, 7) is 2.90. The molecule has 1 aliphatic rings. The summed E-state index contributed by atoms with van der Waals surface area (Å²) in [6, 6.07) is 19.3. The van der Waals surface area contributed by atoms with Gasteiger partial charge in [0.1, 0.15) is 5.82 Å². The Hall–Kier alpha value is -2.20. The predicted octanol–water partition coefficient (Wildman–Crippen LogP) is 4.57. The van der Waals surface area contributed by atoms with Crippen LogP contribution in [0.1, 0.15) is 40.8 Å². The van der Waals surface area contributed by atoms with Crippen molar-refractivity contribution in [2.45, 2.75) is 31.7 Å². The summed E-state index contributed by atoms with van der Waals surface area (Å²) >= 11 is 5.44. The first-order valence-electron chi connectivity index (χ1n) is 7.98. The molecule has 4 rings (SSSR count). The Bertz CT molecular complexity index is 862. The van der Waals surface area contributed by atoms with Crippen LogP contribution in [0, 0.1) is 11.7 Å². The van der Waals surface area contributed by atoms with Crippen molar-refractivity contribution in [3.63, 3.8) is 0 Å². The summed E-state index contributed by atoms with van der Waals surface area (Å²) in [7, 11) is 0. The van der Waals surface area contributed by atoms with E-state index < -0.39 is 0 Å². The molecular formula is C19H19N3S. The van der Waals surface area contributed by atoms with E-state index in [0.717, 1.165) is 18.8 Å². The van der Waals surface area contributed by atoms with E-state index in [2.05, 4.69) is 70.2 Å². The van der Waals surface area contributed by atoms with Crippen molar-refractivity contribution in [2.75, 3.05) is 0 Å². The van der Waals surface area contributed by atoms with Gasteiger partial charge in [-0.3, -0.25) is 9.67 Å². The lowest BCUT2D eigenvalue weighted by molar-refractivity contribution is 0.712. The zero-order valence-corrected chi connectivity index (χ0v) is 13.9. The van der Waals surface area contributed by atoms with Crippen molar-refractivity contribution in [2.24, 2.45) is 0 Å². The van der Waals surface area contributed by atoms with Crippen LogP contribution in [-0.2, 0) is 6.54 Å². The van der Waals surface area contributed by atoms with Crippen LogP contribution in [0.2, 0.25) is 0 Å². The Morgan fingerprint density at radius 3 is 2.57 bits per heavy atom. The van der Waals surface area contributed by atoms with Crippen LogP contribution in [0.4, 0.5) is 0 Å². The van der Waals surface area contributed by atoms with Gasteiger partial charge in [0.15, 0.2) is 4.77 Å². The Morgan fingerprint density at radius 1 is 1.09 bits per heavy atom. The Kier molecular flexibility index (Phi) is 3.62. The third-order valence-corrected chi connectivity index (χ3v) is 4.91. The molecule has 3 aromatic rings. The lowest BCUT2D eigenvalue weighted by atomic mass is 10.1. The fraction of sp³-hybridized carbons (Fsp3) is 0.263. The Balaban J connectivity index is 1.59. The van der Waals surface area contributed by atoms with Crippen molar-refractivity contribution in [3.05, 3.63) is 81.9 Å². The average Bonchev–Trinajstić information content (AvgIpc) is 3.28. The summed E-state index contributed by atoms with van der Waals surface area (Å²) < 4.78 is 2.85. The number of rotatable bonds is 4. The molecule has 1 fully saturated rings. The molecule has 1 heterocycles. The molecule has 1 N–H and O–H groups in total. The molecule has 0 bridgehead atoms. The van der Waals surface area contributed by atoms with Crippen LogP contribution in [0.3, 0.4) is 0 Å². The number of hydrogen-bond donors (Lipinski definition) is 1. The van der Waals surface area contributed by atoms with Crippen LogP contribution in [0.5, 0.6) is 0 Å². The summed E-state index contributed by atoms with van der Waals surface area (Å²) in [4.78, 5) is 0. The fourth-order valence-electron chi connectivity index (χ4n) is 3.19. The number of hydrogen-bond acceptors (Lipinski definition) is 2. The molecule has 1 saturated carbocycles. The average molecular weight is 321 g/mol. The monoisotopic (exact) mass is 321 g/mol. The van der Waals surface area contributed by atoms with E-state index in [1.54, 1.807) is 0 Å². The molecule has 2 aromatic carbocycles. The van der Waals surface area contributed by atoms with Gasteiger partial charge in [0, 0.05) is 5.92 Å². The molecule has 0 aliphatic heterocycles. The molecule has 1 aromatic heterocycles. The molecule has 0 saturated heterocycles. The molecule has 0 amide bonds. The van der Waals surface area contributed by atoms with E-state index >= 15 is 0 Å². The van der Waals surface area contributed by atoms with Crippen molar-refractivity contribution < 1.29 is 0 Å². The van der Waals surface area contributed by atoms with Gasteiger partial charge < -0.3 is 0 Å². The zero-order valence-electron chi connectivity index (χ0n) is 13.1. The topological polar surface area (TPSA) is 33.6 Å². The first-order chi connectivity index (χ1) is 11.2. The molecule has 116 valence electrons. The van der Waals surface area contributed by atoms with Gasteiger partial charge in [0.2, 0.25) is 0 Å². The standard InChI is InChI=1S/C19H19N3S/c1-13-7-9-15(10-8-13)16-11-17(16)18-20-21-19(23)22(18)12-14-5-3-2-4-6-14/h2-10,16-17H,11-12H2,1H3,(H,21,23)/t16-,17-/m0/s1. The summed E-state index contributed by atoms with van der Waals surface area (Å²) in [6.07, 6.45) is 1.15. The highest BCUT2D eigenvalue weighted by Crippen LogP contribution is 2.54. The highest BCUT2D eigenvalue weighted by Gasteiger charge is 2.42. The first-order valence-corrected chi connectivity index (χ1v) is 8.39. The molecule has 23 heavy (non-hydrogen) atoms. The summed E-state index contributed by atoms with van der Waals surface area (Å²) in [5.41, 5.74) is 3.96. The van der Waals surface area contributed by atoms with Gasteiger partial charge in [-0.2, -0.15) is 5.10 Å². The van der Waals surface area contributed by atoms with Crippen LogP contribution in [0.25, 0.3) is 0 Å². The minimum atomic E-state index is 0.467. The smallest absolute Gasteiger partial charge is 0.195 e. The van der Waals surface area contributed by atoms with Crippen molar-refractivity contribution in [1.29, 1.82) is 0 Å². The van der Waals surface area contributed by atoms with Crippen LogP contribution in [-0.4, -0.2) is 14.8 Å². The van der Waals surface area contributed by atoms with Crippen molar-refractivity contribution >= 4 is 12.2 Å². The molecule has 3 nitrogen and oxygen atoms in total. The molecule has 2 atom stereocenters. The number of aromatic nitrogens is 3. The lowest BCUT2D eigenvalue weighted by Crippen LogP contribution is -2.05. The van der Waals surface area contributed by atoms with Crippen LogP contribution >= 0.6 is 12.2 Å². The van der Waals surface area contributed by atoms with Gasteiger partial charge in [-0.05, 0) is 42.6 Å². The Morgan fingerprint density at radius 2 is 1.83 bits per heavy atom. The second-order valence-corrected chi connectivity index (χ2v) is 6.70. The zero-order chi connectivity index (χ0) is 15.8. The third-order valence-electron chi connectivity index (χ3n) is 4.60. The largest absolute Gasteiger partial charge is 0.299 e. The number of aromatic amines is 1. The first kappa shape index (κ1) is 14.4. The minimum absolute atomic E-state index is 0.467. The number of aryl methyl sites for hydroxylation is 1. The Labute approximate surface area is 141 Å². The van der Waals surface area contributed by atoms with E-state index in [4.69, 9.17) is 12.2 Å². The van der Waals surface area contributed by atoms with E-state index in [-0.39, 0.29) is 0 Å². The van der Waals surface area contributed by atoms with Gasteiger partial charge in [-0.1, -0.05) is 60.2 Å². The van der Waals surface area contributed by atoms with E-state index in [1.807, 2.05) is 6.07 Å². The molecule has 4 heteroatoms. The fourth-order valence-corrected chi connectivity index (χ4v) is 3.40. The number of nitrogens with one attached hydrogen (secondary N) is 1.